The number of hydrogen-bond donors (Lipinski definition) is 2. The van der Waals surface area contributed by atoms with E-state index in [0.29, 0.717) is 10.8 Å². The van der Waals surface area contributed by atoms with Gasteiger partial charge in [0, 0.05) is 6.54 Å². The van der Waals surface area contributed by atoms with Crippen LogP contribution < -0.4 is 10.6 Å². The molecule has 0 amide bonds. The van der Waals surface area contributed by atoms with E-state index in [1.807, 2.05) is 0 Å². The van der Waals surface area contributed by atoms with Crippen LogP contribution in [0.2, 0.25) is 0 Å². The molecule has 0 radical (unpaired) electrons. The fraction of sp³-hybridized carbons (Fsp3) is 0.417. The highest BCUT2D eigenvalue weighted by molar-refractivity contribution is 7.80. The molecule has 2 N–H and O–H groups in total. The molecule has 2 nitrogen and oxygen atoms in total. The summed E-state index contributed by atoms with van der Waals surface area (Å²) in [6.07, 6.45) is 3.43. The Morgan fingerprint density at radius 2 is 2.06 bits per heavy atom. The van der Waals surface area contributed by atoms with Gasteiger partial charge in [-0.1, -0.05) is 31.9 Å². The minimum Gasteiger partial charge on any atom is -0.362 e. The first kappa shape index (κ1) is 12.9. The molecule has 0 aliphatic heterocycles. The minimum absolute atomic E-state index is 0.291. The van der Waals surface area contributed by atoms with Crippen LogP contribution in [0, 0.1) is 5.82 Å². The molecule has 0 saturated heterocycles. The lowest BCUT2D eigenvalue weighted by Crippen LogP contribution is -2.29. The molecule has 0 spiro atoms. The Morgan fingerprint density at radius 1 is 1.31 bits per heavy atom. The molecule has 88 valence electrons. The third kappa shape index (κ3) is 4.57. The van der Waals surface area contributed by atoms with Gasteiger partial charge >= 0.3 is 0 Å². The molecule has 0 bridgehead atoms. The molecule has 0 atom stereocenters. The zero-order valence-electron chi connectivity index (χ0n) is 9.42. The van der Waals surface area contributed by atoms with Crippen LogP contribution in [0.3, 0.4) is 0 Å². The molecule has 1 aromatic carbocycles. The van der Waals surface area contributed by atoms with Crippen molar-refractivity contribution in [2.45, 2.75) is 26.2 Å². The molecule has 0 aromatic heterocycles. The van der Waals surface area contributed by atoms with Crippen LogP contribution in [0.4, 0.5) is 10.1 Å². The van der Waals surface area contributed by atoms with Crippen molar-refractivity contribution in [3.63, 3.8) is 0 Å². The number of unbranched alkanes of at least 4 members (excludes halogenated alkanes) is 2. The highest BCUT2D eigenvalue weighted by Crippen LogP contribution is 2.11. The van der Waals surface area contributed by atoms with E-state index >= 15 is 0 Å². The summed E-state index contributed by atoms with van der Waals surface area (Å²) in [5.41, 5.74) is 0.412. The molecule has 4 heteroatoms. The van der Waals surface area contributed by atoms with Crippen LogP contribution in [0.15, 0.2) is 24.3 Å². The largest absolute Gasteiger partial charge is 0.362 e. The number of halogens is 1. The van der Waals surface area contributed by atoms with Gasteiger partial charge < -0.3 is 10.6 Å². The third-order valence-corrected chi connectivity index (χ3v) is 2.43. The van der Waals surface area contributed by atoms with E-state index < -0.39 is 0 Å². The fourth-order valence-electron chi connectivity index (χ4n) is 1.31. The smallest absolute Gasteiger partial charge is 0.170 e. The van der Waals surface area contributed by atoms with Crippen molar-refractivity contribution >= 4 is 23.0 Å². The summed E-state index contributed by atoms with van der Waals surface area (Å²) in [5.74, 6) is -0.291. The molecular formula is C12H17FN2S. The summed E-state index contributed by atoms with van der Waals surface area (Å²) in [5, 5.41) is 6.35. The third-order valence-electron chi connectivity index (χ3n) is 2.19. The van der Waals surface area contributed by atoms with Crippen molar-refractivity contribution in [3.8, 4) is 0 Å². The number of benzene rings is 1. The van der Waals surface area contributed by atoms with Crippen molar-refractivity contribution in [3.05, 3.63) is 30.1 Å². The summed E-state index contributed by atoms with van der Waals surface area (Å²) in [6, 6.07) is 6.49. The standard InChI is InChI=1S/C12H17FN2S/c1-2-3-6-9-14-12(16)15-11-8-5-4-7-10(11)13/h4-5,7-8H,2-3,6,9H2,1H3,(H2,14,15,16). The highest BCUT2D eigenvalue weighted by atomic mass is 32.1. The van der Waals surface area contributed by atoms with Gasteiger partial charge in [0.2, 0.25) is 0 Å². The van der Waals surface area contributed by atoms with Crippen molar-refractivity contribution in [1.82, 2.24) is 5.32 Å². The van der Waals surface area contributed by atoms with E-state index in [0.717, 1.165) is 13.0 Å². The fourth-order valence-corrected chi connectivity index (χ4v) is 1.52. The maximum Gasteiger partial charge on any atom is 0.170 e. The van der Waals surface area contributed by atoms with Gasteiger partial charge in [0.1, 0.15) is 5.82 Å². The Labute approximate surface area is 101 Å². The molecule has 0 unspecified atom stereocenters. The van der Waals surface area contributed by atoms with E-state index in [1.165, 1.54) is 18.9 Å². The summed E-state index contributed by atoms with van der Waals surface area (Å²) < 4.78 is 13.2. The lowest BCUT2D eigenvalue weighted by molar-refractivity contribution is 0.632. The average Bonchev–Trinajstić information content (AvgIpc) is 2.28. The van der Waals surface area contributed by atoms with Crippen LogP contribution in [0.25, 0.3) is 0 Å². The first-order valence-corrected chi connectivity index (χ1v) is 5.94. The van der Waals surface area contributed by atoms with Gasteiger partial charge in [-0.25, -0.2) is 4.39 Å². The van der Waals surface area contributed by atoms with E-state index in [2.05, 4.69) is 17.6 Å². The molecule has 0 aliphatic rings. The summed E-state index contributed by atoms with van der Waals surface area (Å²) >= 11 is 5.06. The van der Waals surface area contributed by atoms with Gasteiger partial charge in [-0.2, -0.15) is 0 Å². The first-order chi connectivity index (χ1) is 7.74. The van der Waals surface area contributed by atoms with Crippen molar-refractivity contribution in [1.29, 1.82) is 0 Å². The molecule has 0 aliphatic carbocycles. The predicted molar refractivity (Wildman–Crippen MR) is 70.1 cm³/mol. The van der Waals surface area contributed by atoms with Crippen LogP contribution >= 0.6 is 12.2 Å². The number of nitrogens with one attached hydrogen (secondary N) is 2. The molecule has 0 heterocycles. The lowest BCUT2D eigenvalue weighted by atomic mass is 10.2. The van der Waals surface area contributed by atoms with Crippen molar-refractivity contribution in [2.75, 3.05) is 11.9 Å². The second-order valence-electron chi connectivity index (χ2n) is 3.57. The summed E-state index contributed by atoms with van der Waals surface area (Å²) in [7, 11) is 0. The number of anilines is 1. The molecule has 16 heavy (non-hydrogen) atoms. The number of hydrogen-bond acceptors (Lipinski definition) is 1. The van der Waals surface area contributed by atoms with Gasteiger partial charge in [0.05, 0.1) is 5.69 Å². The number of thiocarbonyl (C=S) groups is 1. The van der Waals surface area contributed by atoms with Gasteiger partial charge in [0.25, 0.3) is 0 Å². The van der Waals surface area contributed by atoms with Crippen LogP contribution in [-0.2, 0) is 0 Å². The monoisotopic (exact) mass is 240 g/mol. The molecule has 1 aromatic rings. The molecular weight excluding hydrogens is 223 g/mol. The topological polar surface area (TPSA) is 24.1 Å². The van der Waals surface area contributed by atoms with Crippen LogP contribution in [0.1, 0.15) is 26.2 Å². The van der Waals surface area contributed by atoms with E-state index in [4.69, 9.17) is 12.2 Å². The molecule has 1 rings (SSSR count). The van der Waals surface area contributed by atoms with Crippen LogP contribution in [-0.4, -0.2) is 11.7 Å². The quantitative estimate of drug-likeness (QED) is 0.610. The average molecular weight is 240 g/mol. The number of para-hydroxylation sites is 1. The van der Waals surface area contributed by atoms with E-state index in [9.17, 15) is 4.39 Å². The zero-order chi connectivity index (χ0) is 11.8. The zero-order valence-corrected chi connectivity index (χ0v) is 10.2. The maximum atomic E-state index is 13.2. The maximum absolute atomic E-state index is 13.2. The SMILES string of the molecule is CCCCCNC(=S)Nc1ccccc1F. The second-order valence-corrected chi connectivity index (χ2v) is 3.98. The van der Waals surface area contributed by atoms with Gasteiger partial charge in [-0.05, 0) is 30.8 Å². The lowest BCUT2D eigenvalue weighted by Gasteiger charge is -2.10. The normalized spacial score (nSPS) is 9.88. The van der Waals surface area contributed by atoms with Gasteiger partial charge in [-0.3, -0.25) is 0 Å². The second kappa shape index (κ2) is 7.17. The first-order valence-electron chi connectivity index (χ1n) is 5.53. The Kier molecular flexibility index (Phi) is 5.78. The van der Waals surface area contributed by atoms with Crippen LogP contribution in [0.5, 0.6) is 0 Å². The Morgan fingerprint density at radius 3 is 2.75 bits per heavy atom. The number of rotatable bonds is 5. The Hall–Kier alpha value is -1.16. The Bertz CT molecular complexity index is 342. The highest BCUT2D eigenvalue weighted by Gasteiger charge is 2.01. The minimum atomic E-state index is -0.291. The molecule has 0 saturated carbocycles. The van der Waals surface area contributed by atoms with E-state index in [-0.39, 0.29) is 5.82 Å². The molecule has 0 fully saturated rings. The van der Waals surface area contributed by atoms with Crippen molar-refractivity contribution < 1.29 is 4.39 Å². The van der Waals surface area contributed by atoms with Gasteiger partial charge in [0.15, 0.2) is 5.11 Å². The summed E-state index contributed by atoms with van der Waals surface area (Å²) in [4.78, 5) is 0. The van der Waals surface area contributed by atoms with E-state index in [1.54, 1.807) is 18.2 Å². The predicted octanol–water partition coefficient (Wildman–Crippen LogP) is 3.30. The Balaban J connectivity index is 2.32. The van der Waals surface area contributed by atoms with Gasteiger partial charge in [-0.15, -0.1) is 0 Å². The summed E-state index contributed by atoms with van der Waals surface area (Å²) in [6.45, 7) is 2.98. The van der Waals surface area contributed by atoms with Crippen molar-refractivity contribution in [2.24, 2.45) is 0 Å².